The number of nitrogens with one attached hydrogen (secondary N) is 1. The third kappa shape index (κ3) is 1.01. The van der Waals surface area contributed by atoms with Gasteiger partial charge in [0.05, 0.1) is 5.56 Å². The molecule has 0 radical (unpaired) electrons. The fourth-order valence-corrected chi connectivity index (χ4v) is 1.77. The number of hydroxylamine groups is 1. The maximum absolute atomic E-state index is 9.23. The Kier molecular flexibility index (Phi) is 1.77. The van der Waals surface area contributed by atoms with Gasteiger partial charge in [-0.1, -0.05) is 27.8 Å². The second kappa shape index (κ2) is 2.68. The number of nitrogens with zero attached hydrogens (tertiary/aromatic N) is 3. The Bertz CT molecular complexity index is 319. The summed E-state index contributed by atoms with van der Waals surface area (Å²) >= 11 is 2.03. The van der Waals surface area contributed by atoms with E-state index in [4.69, 9.17) is 5.73 Å². The summed E-state index contributed by atoms with van der Waals surface area (Å²) in [5, 5.41) is 10.2. The van der Waals surface area contributed by atoms with Gasteiger partial charge in [-0.2, -0.15) is 0 Å². The van der Waals surface area contributed by atoms with Crippen LogP contribution in [-0.2, 0) is 0 Å². The van der Waals surface area contributed by atoms with Gasteiger partial charge in [0.15, 0.2) is 5.82 Å². The SMILES string of the molecule is Nc1ncnc2c1C(I)N(O)N2. The van der Waals surface area contributed by atoms with Crippen LogP contribution in [0.25, 0.3) is 0 Å². The van der Waals surface area contributed by atoms with Crippen LogP contribution in [0.15, 0.2) is 6.33 Å². The van der Waals surface area contributed by atoms with Gasteiger partial charge in [0.2, 0.25) is 0 Å². The van der Waals surface area contributed by atoms with Crippen molar-refractivity contribution >= 4 is 34.2 Å². The Morgan fingerprint density at radius 1 is 1.67 bits per heavy atom. The quantitative estimate of drug-likeness (QED) is 0.364. The standard InChI is InChI=1S/C5H6IN5O/c6-3-2-4(7)8-1-9-5(2)10-11(3)12/h1,3,12H,(H3,7,8,9,10). The minimum absolute atomic E-state index is 0.237. The number of hydrazine groups is 1. The summed E-state index contributed by atoms with van der Waals surface area (Å²) in [6.45, 7) is 0. The summed E-state index contributed by atoms with van der Waals surface area (Å²) in [5.74, 6) is 0.952. The molecule has 0 aromatic carbocycles. The van der Waals surface area contributed by atoms with Gasteiger partial charge >= 0.3 is 0 Å². The first kappa shape index (κ1) is 7.95. The molecule has 4 N–H and O–H groups in total. The van der Waals surface area contributed by atoms with Crippen molar-refractivity contribution in [3.8, 4) is 0 Å². The molecule has 1 atom stereocenters. The molecule has 1 aliphatic rings. The van der Waals surface area contributed by atoms with Crippen LogP contribution in [0.5, 0.6) is 0 Å². The summed E-state index contributed by atoms with van der Waals surface area (Å²) in [5.41, 5.74) is 8.95. The Labute approximate surface area is 81.9 Å². The van der Waals surface area contributed by atoms with E-state index in [9.17, 15) is 5.21 Å². The van der Waals surface area contributed by atoms with E-state index in [1.54, 1.807) is 0 Å². The van der Waals surface area contributed by atoms with Crippen LogP contribution in [0.4, 0.5) is 11.6 Å². The summed E-state index contributed by atoms with van der Waals surface area (Å²) in [6.07, 6.45) is 1.35. The van der Waals surface area contributed by atoms with Crippen molar-refractivity contribution in [2.75, 3.05) is 11.2 Å². The molecule has 1 aromatic rings. The smallest absolute Gasteiger partial charge is 0.153 e. The summed E-state index contributed by atoms with van der Waals surface area (Å²) in [6, 6.07) is 0. The Morgan fingerprint density at radius 3 is 3.08 bits per heavy atom. The molecule has 0 saturated heterocycles. The first-order chi connectivity index (χ1) is 5.70. The van der Waals surface area contributed by atoms with Crippen LogP contribution in [0.1, 0.15) is 9.61 Å². The topological polar surface area (TPSA) is 87.3 Å². The molecule has 7 heteroatoms. The highest BCUT2D eigenvalue weighted by Crippen LogP contribution is 2.39. The predicted molar refractivity (Wildman–Crippen MR) is 50.5 cm³/mol. The van der Waals surface area contributed by atoms with E-state index in [0.717, 1.165) is 10.7 Å². The van der Waals surface area contributed by atoms with Crippen molar-refractivity contribution in [1.82, 2.24) is 15.1 Å². The zero-order valence-corrected chi connectivity index (χ0v) is 8.06. The van der Waals surface area contributed by atoms with Gasteiger partial charge in [0, 0.05) is 0 Å². The van der Waals surface area contributed by atoms with Crippen molar-refractivity contribution in [3.63, 3.8) is 0 Å². The van der Waals surface area contributed by atoms with Crippen LogP contribution in [-0.4, -0.2) is 20.3 Å². The van der Waals surface area contributed by atoms with Gasteiger partial charge in [-0.25, -0.2) is 9.97 Å². The Hall–Kier alpha value is -0.670. The first-order valence-corrected chi connectivity index (χ1v) is 4.44. The molecule has 12 heavy (non-hydrogen) atoms. The van der Waals surface area contributed by atoms with Crippen LogP contribution in [0.3, 0.4) is 0 Å². The lowest BCUT2D eigenvalue weighted by molar-refractivity contribution is -0.0645. The molecule has 0 bridgehead atoms. The van der Waals surface area contributed by atoms with Crippen molar-refractivity contribution in [1.29, 1.82) is 0 Å². The van der Waals surface area contributed by atoms with E-state index in [-0.39, 0.29) is 4.05 Å². The summed E-state index contributed by atoms with van der Waals surface area (Å²) < 4.78 is -0.237. The van der Waals surface area contributed by atoms with Crippen molar-refractivity contribution in [2.24, 2.45) is 0 Å². The highest BCUT2D eigenvalue weighted by Gasteiger charge is 2.30. The molecular formula is C5H6IN5O. The number of nitrogen functional groups attached to an aromatic ring is 1. The van der Waals surface area contributed by atoms with Gasteiger partial charge in [-0.05, 0) is 0 Å². The van der Waals surface area contributed by atoms with E-state index in [0.29, 0.717) is 11.6 Å². The lowest BCUT2D eigenvalue weighted by Gasteiger charge is -2.09. The third-order valence-electron chi connectivity index (χ3n) is 1.59. The zero-order chi connectivity index (χ0) is 8.72. The second-order valence-electron chi connectivity index (χ2n) is 2.31. The molecule has 1 aliphatic heterocycles. The van der Waals surface area contributed by atoms with Crippen LogP contribution in [0, 0.1) is 0 Å². The molecule has 0 fully saturated rings. The number of anilines is 2. The number of nitrogens with two attached hydrogens (primary N) is 1. The minimum Gasteiger partial charge on any atom is -0.383 e. The van der Waals surface area contributed by atoms with E-state index in [2.05, 4.69) is 15.4 Å². The Morgan fingerprint density at radius 2 is 2.42 bits per heavy atom. The van der Waals surface area contributed by atoms with Crippen LogP contribution >= 0.6 is 22.6 Å². The number of rotatable bonds is 0. The number of hydrogen-bond donors (Lipinski definition) is 3. The average Bonchev–Trinajstić information content (AvgIpc) is 2.29. The number of aromatic nitrogens is 2. The number of alkyl halides is 1. The molecule has 0 amide bonds. The van der Waals surface area contributed by atoms with Crippen LogP contribution in [0.2, 0.25) is 0 Å². The fraction of sp³-hybridized carbons (Fsp3) is 0.200. The largest absolute Gasteiger partial charge is 0.383 e. The fourth-order valence-electron chi connectivity index (χ4n) is 1.02. The first-order valence-electron chi connectivity index (χ1n) is 3.19. The zero-order valence-electron chi connectivity index (χ0n) is 5.90. The number of halogens is 1. The predicted octanol–water partition coefficient (Wildman–Crippen LogP) is 0.524. The van der Waals surface area contributed by atoms with E-state index < -0.39 is 0 Å². The van der Waals surface area contributed by atoms with Gasteiger partial charge in [-0.15, -0.1) is 0 Å². The van der Waals surface area contributed by atoms with E-state index >= 15 is 0 Å². The molecule has 1 aromatic heterocycles. The van der Waals surface area contributed by atoms with Gasteiger partial charge < -0.3 is 5.73 Å². The maximum Gasteiger partial charge on any atom is 0.153 e. The molecule has 0 aliphatic carbocycles. The van der Waals surface area contributed by atoms with Crippen LogP contribution < -0.4 is 11.2 Å². The summed E-state index contributed by atoms with van der Waals surface area (Å²) in [7, 11) is 0. The lowest BCUT2D eigenvalue weighted by Crippen LogP contribution is -2.20. The van der Waals surface area contributed by atoms with Gasteiger partial charge in [-0.3, -0.25) is 10.6 Å². The maximum atomic E-state index is 9.23. The number of fused-ring (bicyclic) bond motifs is 1. The molecule has 6 nitrogen and oxygen atoms in total. The van der Waals surface area contributed by atoms with E-state index in [1.807, 2.05) is 22.6 Å². The Balaban J connectivity index is 2.55. The molecular weight excluding hydrogens is 273 g/mol. The molecule has 2 rings (SSSR count). The monoisotopic (exact) mass is 279 g/mol. The molecule has 0 saturated carbocycles. The molecule has 0 spiro atoms. The van der Waals surface area contributed by atoms with Crippen molar-refractivity contribution in [3.05, 3.63) is 11.9 Å². The summed E-state index contributed by atoms with van der Waals surface area (Å²) in [4.78, 5) is 7.73. The second-order valence-corrected chi connectivity index (χ2v) is 3.49. The highest BCUT2D eigenvalue weighted by atomic mass is 127. The molecule has 1 unspecified atom stereocenters. The molecule has 2 heterocycles. The normalized spacial score (nSPS) is 22.0. The average molecular weight is 279 g/mol. The van der Waals surface area contributed by atoms with E-state index in [1.165, 1.54) is 6.33 Å². The highest BCUT2D eigenvalue weighted by molar-refractivity contribution is 14.1. The van der Waals surface area contributed by atoms with Gasteiger partial charge in [0.25, 0.3) is 0 Å². The molecule has 64 valence electrons. The van der Waals surface area contributed by atoms with Gasteiger partial charge in [0.1, 0.15) is 16.2 Å². The third-order valence-corrected chi connectivity index (χ3v) is 2.74. The van der Waals surface area contributed by atoms with Crippen molar-refractivity contribution in [2.45, 2.75) is 4.05 Å². The van der Waals surface area contributed by atoms with Crippen molar-refractivity contribution < 1.29 is 5.21 Å². The lowest BCUT2D eigenvalue weighted by atomic mass is 10.3. The minimum atomic E-state index is -0.237. The number of hydrogen-bond acceptors (Lipinski definition) is 6.